The number of nitrogens with zero attached hydrogens (tertiary/aromatic N) is 3. The molecule has 0 aliphatic rings. The van der Waals surface area contributed by atoms with Gasteiger partial charge in [0.05, 0.1) is 0 Å². The lowest BCUT2D eigenvalue weighted by Gasteiger charge is -2.05. The van der Waals surface area contributed by atoms with Gasteiger partial charge >= 0.3 is 5.82 Å². The molecular formula is C10H9N3O2. The van der Waals surface area contributed by atoms with Crippen molar-refractivity contribution in [1.82, 2.24) is 4.98 Å². The summed E-state index contributed by atoms with van der Waals surface area (Å²) in [5, 5.41) is 22.5. The molecule has 0 amide bonds. The highest BCUT2D eigenvalue weighted by atomic mass is 16.5. The molecule has 0 unspecified atom stereocenters. The van der Waals surface area contributed by atoms with Crippen LogP contribution >= 0.6 is 0 Å². The summed E-state index contributed by atoms with van der Waals surface area (Å²) in [5.41, 5.74) is 1.28. The molecular weight excluding hydrogens is 194 g/mol. The van der Waals surface area contributed by atoms with Crippen molar-refractivity contribution in [2.75, 3.05) is 0 Å². The standard InChI is InChI=1S/C10H9N3O2/c1-8-5-11-10(13(15)6-8)9-3-2-4-12(14)7-9/h2-7H,1H3. The number of aromatic nitrogens is 3. The molecule has 2 heterocycles. The van der Waals surface area contributed by atoms with E-state index < -0.39 is 0 Å². The molecule has 15 heavy (non-hydrogen) atoms. The summed E-state index contributed by atoms with van der Waals surface area (Å²) in [6, 6.07) is 3.24. The number of hydrogen-bond acceptors (Lipinski definition) is 3. The molecule has 0 aliphatic carbocycles. The Morgan fingerprint density at radius 3 is 2.73 bits per heavy atom. The Labute approximate surface area is 86.4 Å². The maximum absolute atomic E-state index is 11.5. The molecule has 0 saturated carbocycles. The molecule has 2 aromatic heterocycles. The summed E-state index contributed by atoms with van der Waals surface area (Å²) < 4.78 is 1.29. The lowest BCUT2D eigenvalue weighted by atomic mass is 10.2. The first-order valence-corrected chi connectivity index (χ1v) is 4.42. The first-order chi connectivity index (χ1) is 7.16. The van der Waals surface area contributed by atoms with Crippen LogP contribution in [-0.4, -0.2) is 4.98 Å². The van der Waals surface area contributed by atoms with Crippen molar-refractivity contribution >= 4 is 0 Å². The SMILES string of the molecule is Cc1cnc(-c2ccc[n+]([O-])c2)[n+]([O-])c1. The molecule has 0 spiro atoms. The maximum Gasteiger partial charge on any atom is 0.339 e. The van der Waals surface area contributed by atoms with Crippen molar-refractivity contribution in [2.24, 2.45) is 0 Å². The third-order valence-corrected chi connectivity index (χ3v) is 1.95. The largest absolute Gasteiger partial charge is 0.710 e. The average Bonchev–Trinajstić information content (AvgIpc) is 2.17. The molecule has 0 atom stereocenters. The van der Waals surface area contributed by atoms with Gasteiger partial charge in [0.15, 0.2) is 12.4 Å². The summed E-state index contributed by atoms with van der Waals surface area (Å²) >= 11 is 0. The smallest absolute Gasteiger partial charge is 0.339 e. The Balaban J connectivity index is 2.54. The predicted octanol–water partition coefficient (Wildman–Crippen LogP) is 0.324. The minimum atomic E-state index is 0.228. The van der Waals surface area contributed by atoms with Crippen LogP contribution in [0.3, 0.4) is 0 Å². The zero-order chi connectivity index (χ0) is 10.8. The van der Waals surface area contributed by atoms with Crippen LogP contribution in [0, 0.1) is 17.3 Å². The Morgan fingerprint density at radius 2 is 2.07 bits per heavy atom. The van der Waals surface area contributed by atoms with E-state index in [1.165, 1.54) is 18.6 Å². The highest BCUT2D eigenvalue weighted by Gasteiger charge is 2.13. The van der Waals surface area contributed by atoms with Crippen LogP contribution in [0.15, 0.2) is 36.9 Å². The molecule has 0 saturated heterocycles. The van der Waals surface area contributed by atoms with Crippen LogP contribution in [0.2, 0.25) is 0 Å². The summed E-state index contributed by atoms with van der Waals surface area (Å²) in [7, 11) is 0. The Bertz CT molecular complexity index is 500. The van der Waals surface area contributed by atoms with Crippen molar-refractivity contribution in [1.29, 1.82) is 0 Å². The Hall–Kier alpha value is -2.17. The van der Waals surface area contributed by atoms with Crippen LogP contribution in [0.1, 0.15) is 5.56 Å². The van der Waals surface area contributed by atoms with Crippen molar-refractivity contribution in [2.45, 2.75) is 6.92 Å². The second kappa shape index (κ2) is 3.53. The van der Waals surface area contributed by atoms with Gasteiger partial charge in [-0.15, -0.1) is 0 Å². The van der Waals surface area contributed by atoms with E-state index >= 15 is 0 Å². The van der Waals surface area contributed by atoms with Gasteiger partial charge in [-0.1, -0.05) is 0 Å². The predicted molar refractivity (Wildman–Crippen MR) is 52.3 cm³/mol. The molecule has 0 bridgehead atoms. The van der Waals surface area contributed by atoms with Crippen LogP contribution in [0.4, 0.5) is 0 Å². The molecule has 5 heteroatoms. The average molecular weight is 203 g/mol. The number of aryl methyl sites for hydroxylation is 1. The van der Waals surface area contributed by atoms with E-state index in [0.29, 0.717) is 15.0 Å². The van der Waals surface area contributed by atoms with Gasteiger partial charge in [0.25, 0.3) is 0 Å². The zero-order valence-corrected chi connectivity index (χ0v) is 8.12. The molecule has 0 N–H and O–H groups in total. The normalized spacial score (nSPS) is 10.2. The minimum Gasteiger partial charge on any atom is -0.710 e. The van der Waals surface area contributed by atoms with E-state index in [-0.39, 0.29) is 5.82 Å². The molecule has 2 aromatic rings. The van der Waals surface area contributed by atoms with Crippen molar-refractivity contribution < 1.29 is 9.46 Å². The van der Waals surface area contributed by atoms with Gasteiger partial charge in [0, 0.05) is 11.6 Å². The number of hydrogen-bond donors (Lipinski definition) is 0. The first kappa shape index (κ1) is 9.39. The van der Waals surface area contributed by atoms with E-state index in [0.717, 1.165) is 5.56 Å². The van der Waals surface area contributed by atoms with E-state index in [1.54, 1.807) is 25.3 Å². The fraction of sp³-hybridized carbons (Fsp3) is 0.100. The van der Waals surface area contributed by atoms with E-state index in [4.69, 9.17) is 0 Å². The fourth-order valence-corrected chi connectivity index (χ4v) is 1.29. The molecule has 0 aliphatic heterocycles. The molecule has 76 valence electrons. The maximum atomic E-state index is 11.5. The molecule has 5 nitrogen and oxygen atoms in total. The fourth-order valence-electron chi connectivity index (χ4n) is 1.29. The van der Waals surface area contributed by atoms with E-state index in [9.17, 15) is 10.4 Å². The first-order valence-electron chi connectivity index (χ1n) is 4.42. The Kier molecular flexibility index (Phi) is 2.21. The number of rotatable bonds is 1. The van der Waals surface area contributed by atoms with Crippen molar-refractivity contribution in [3.63, 3.8) is 0 Å². The molecule has 0 fully saturated rings. The van der Waals surface area contributed by atoms with Crippen LogP contribution in [-0.2, 0) is 0 Å². The highest BCUT2D eigenvalue weighted by Crippen LogP contribution is 2.09. The third kappa shape index (κ3) is 1.85. The van der Waals surface area contributed by atoms with Crippen LogP contribution in [0.25, 0.3) is 11.4 Å². The highest BCUT2D eigenvalue weighted by molar-refractivity contribution is 5.48. The summed E-state index contributed by atoms with van der Waals surface area (Å²) in [6.07, 6.45) is 5.68. The van der Waals surface area contributed by atoms with Gasteiger partial charge in [-0.05, 0) is 18.0 Å². The minimum absolute atomic E-state index is 0.228. The van der Waals surface area contributed by atoms with Crippen LogP contribution < -0.4 is 9.46 Å². The molecule has 0 radical (unpaired) electrons. The van der Waals surface area contributed by atoms with Gasteiger partial charge in [-0.3, -0.25) is 0 Å². The topological polar surface area (TPSA) is 66.8 Å². The Morgan fingerprint density at radius 1 is 1.27 bits per heavy atom. The van der Waals surface area contributed by atoms with Crippen molar-refractivity contribution in [3.05, 3.63) is 52.9 Å². The van der Waals surface area contributed by atoms with E-state index in [1.807, 2.05) is 0 Å². The summed E-state index contributed by atoms with van der Waals surface area (Å²) in [4.78, 5) is 3.99. The quantitative estimate of drug-likeness (QED) is 0.495. The van der Waals surface area contributed by atoms with Gasteiger partial charge in [-0.2, -0.15) is 4.73 Å². The second-order valence-electron chi connectivity index (χ2n) is 3.23. The molecule has 0 aromatic carbocycles. The van der Waals surface area contributed by atoms with Gasteiger partial charge in [0.2, 0.25) is 0 Å². The zero-order valence-electron chi connectivity index (χ0n) is 8.12. The van der Waals surface area contributed by atoms with Gasteiger partial charge in [0.1, 0.15) is 18.0 Å². The summed E-state index contributed by atoms with van der Waals surface area (Å²) in [6.45, 7) is 1.78. The molecule has 2 rings (SSSR count). The lowest BCUT2D eigenvalue weighted by molar-refractivity contribution is -0.609. The second-order valence-corrected chi connectivity index (χ2v) is 3.23. The number of pyridine rings is 1. The third-order valence-electron chi connectivity index (χ3n) is 1.95. The summed E-state index contributed by atoms with van der Waals surface area (Å²) in [5.74, 6) is 0.228. The van der Waals surface area contributed by atoms with Crippen molar-refractivity contribution in [3.8, 4) is 11.4 Å². The monoisotopic (exact) mass is 203 g/mol. The van der Waals surface area contributed by atoms with Gasteiger partial charge < -0.3 is 10.4 Å². The van der Waals surface area contributed by atoms with Gasteiger partial charge in [-0.25, -0.2) is 4.73 Å². The van der Waals surface area contributed by atoms with Crippen LogP contribution in [0.5, 0.6) is 0 Å². The van der Waals surface area contributed by atoms with E-state index in [2.05, 4.69) is 4.98 Å². The lowest BCUT2D eigenvalue weighted by Crippen LogP contribution is -2.32.